The maximum atomic E-state index is 12.8. The highest BCUT2D eigenvalue weighted by Crippen LogP contribution is 2.36. The van der Waals surface area contributed by atoms with E-state index < -0.39 is 17.5 Å². The smallest absolute Gasteiger partial charge is 0.416 e. The molecule has 1 fully saturated rings. The summed E-state index contributed by atoms with van der Waals surface area (Å²) in [4.78, 5) is 13.0. The SMILES string of the molecule is CO.Cc1cc(NC2CCCN([C@@H](C)CC=O)C2)nnc1-c1ccc(C(F)(F)F)cc1O. The van der Waals surface area contributed by atoms with E-state index >= 15 is 0 Å². The molecule has 1 saturated heterocycles. The van der Waals surface area contributed by atoms with Crippen LogP contribution in [0.3, 0.4) is 0 Å². The van der Waals surface area contributed by atoms with Crippen LogP contribution in [0.1, 0.15) is 37.3 Å². The molecule has 2 heterocycles. The highest BCUT2D eigenvalue weighted by atomic mass is 19.4. The van der Waals surface area contributed by atoms with Gasteiger partial charge in [0.1, 0.15) is 17.9 Å². The number of piperidine rings is 1. The number of hydrogen-bond acceptors (Lipinski definition) is 7. The third kappa shape index (κ3) is 6.39. The number of alkyl halides is 3. The van der Waals surface area contributed by atoms with Crippen LogP contribution in [0, 0.1) is 6.92 Å². The van der Waals surface area contributed by atoms with Gasteiger partial charge in [-0.1, -0.05) is 0 Å². The van der Waals surface area contributed by atoms with Crippen LogP contribution in [0.5, 0.6) is 5.75 Å². The molecule has 0 radical (unpaired) electrons. The third-order valence-electron chi connectivity index (χ3n) is 5.43. The highest BCUT2D eigenvalue weighted by molar-refractivity contribution is 5.70. The van der Waals surface area contributed by atoms with Crippen LogP contribution in [-0.2, 0) is 11.0 Å². The molecule has 3 N–H and O–H groups in total. The second-order valence-corrected chi connectivity index (χ2v) is 7.72. The quantitative estimate of drug-likeness (QED) is 0.573. The Balaban J connectivity index is 0.00000176. The molecule has 3 rings (SSSR count). The number of carbonyl (C=O) groups is 1. The van der Waals surface area contributed by atoms with Crippen molar-refractivity contribution in [2.75, 3.05) is 25.5 Å². The van der Waals surface area contributed by atoms with Gasteiger partial charge in [0.05, 0.1) is 11.3 Å². The molecule has 2 atom stereocenters. The van der Waals surface area contributed by atoms with Gasteiger partial charge in [-0.3, -0.25) is 4.90 Å². The van der Waals surface area contributed by atoms with Crippen LogP contribution in [0.4, 0.5) is 19.0 Å². The van der Waals surface area contributed by atoms with Gasteiger partial charge in [-0.15, -0.1) is 10.2 Å². The Morgan fingerprint density at radius 2 is 2.00 bits per heavy atom. The number of benzene rings is 1. The number of aryl methyl sites for hydroxylation is 1. The Labute approximate surface area is 185 Å². The lowest BCUT2D eigenvalue weighted by molar-refractivity contribution is -0.137. The summed E-state index contributed by atoms with van der Waals surface area (Å²) in [6, 6.07) is 4.93. The first-order chi connectivity index (χ1) is 15.2. The largest absolute Gasteiger partial charge is 0.507 e. The van der Waals surface area contributed by atoms with Crippen molar-refractivity contribution in [2.45, 2.75) is 51.4 Å². The molecule has 1 aliphatic heterocycles. The summed E-state index contributed by atoms with van der Waals surface area (Å²) in [5, 5.41) is 28.7. The van der Waals surface area contributed by atoms with Crippen LogP contribution >= 0.6 is 0 Å². The lowest BCUT2D eigenvalue weighted by atomic mass is 10.0. The average Bonchev–Trinajstić information content (AvgIpc) is 2.75. The Bertz CT molecular complexity index is 908. The maximum absolute atomic E-state index is 12.8. The van der Waals surface area contributed by atoms with E-state index in [1.165, 1.54) is 6.07 Å². The number of nitrogens with one attached hydrogen (secondary N) is 1. The van der Waals surface area contributed by atoms with Gasteiger partial charge in [0.2, 0.25) is 0 Å². The molecule has 0 aliphatic carbocycles. The van der Waals surface area contributed by atoms with E-state index in [0.717, 1.165) is 45.4 Å². The number of carbonyl (C=O) groups excluding carboxylic acids is 1. The van der Waals surface area contributed by atoms with Gasteiger partial charge in [-0.2, -0.15) is 13.2 Å². The van der Waals surface area contributed by atoms with Crippen molar-refractivity contribution < 1.29 is 28.2 Å². The Hall–Kier alpha value is -2.72. The standard InChI is InChI=1S/C21H25F3N4O2.CH4O/c1-13-10-19(25-16-4-3-8-28(12-16)14(2)7-9-29)26-27-20(13)17-6-5-15(11-18(17)30)21(22,23)24;1-2/h5-6,9-11,14,16,30H,3-4,7-8,12H2,1-2H3,(H,25,26);2H,1H3/t14-,16?;/m0./s1. The molecule has 2 aromatic rings. The predicted octanol–water partition coefficient (Wildman–Crippen LogP) is 3.64. The monoisotopic (exact) mass is 454 g/mol. The van der Waals surface area contributed by atoms with E-state index in [4.69, 9.17) is 5.11 Å². The van der Waals surface area contributed by atoms with Crippen LogP contribution in [-0.4, -0.2) is 63.9 Å². The molecule has 0 amide bonds. The average molecular weight is 454 g/mol. The van der Waals surface area contributed by atoms with E-state index in [0.29, 0.717) is 29.6 Å². The molecule has 10 heteroatoms. The molecule has 0 saturated carbocycles. The lowest BCUT2D eigenvalue weighted by Gasteiger charge is -2.36. The first kappa shape index (κ1) is 25.5. The van der Waals surface area contributed by atoms with Crippen LogP contribution in [0.2, 0.25) is 0 Å². The van der Waals surface area contributed by atoms with Crippen molar-refractivity contribution in [3.63, 3.8) is 0 Å². The third-order valence-corrected chi connectivity index (χ3v) is 5.43. The fraction of sp³-hybridized carbons (Fsp3) is 0.500. The summed E-state index contributed by atoms with van der Waals surface area (Å²) in [5.41, 5.74) is 0.297. The van der Waals surface area contributed by atoms with E-state index in [2.05, 4.69) is 20.4 Å². The summed E-state index contributed by atoms with van der Waals surface area (Å²) in [6.07, 6.45) is -1.12. The zero-order valence-corrected chi connectivity index (χ0v) is 18.4. The van der Waals surface area contributed by atoms with Gasteiger partial charge in [0, 0.05) is 37.7 Å². The zero-order chi connectivity index (χ0) is 23.9. The second kappa shape index (κ2) is 11.2. The molecular weight excluding hydrogens is 425 g/mol. The van der Waals surface area contributed by atoms with Gasteiger partial charge >= 0.3 is 6.18 Å². The van der Waals surface area contributed by atoms with Crippen molar-refractivity contribution >= 4 is 12.1 Å². The van der Waals surface area contributed by atoms with Crippen molar-refractivity contribution in [1.82, 2.24) is 15.1 Å². The Kier molecular flexibility index (Phi) is 8.97. The number of likely N-dealkylation sites (tertiary alicyclic amines) is 1. The number of aliphatic hydroxyl groups is 1. The van der Waals surface area contributed by atoms with Crippen LogP contribution in [0.25, 0.3) is 11.3 Å². The number of phenolic OH excluding ortho intramolecular Hbond substituents is 1. The fourth-order valence-electron chi connectivity index (χ4n) is 3.75. The summed E-state index contributed by atoms with van der Waals surface area (Å²) < 4.78 is 38.4. The number of aromatic hydroxyl groups is 1. The van der Waals surface area contributed by atoms with Gasteiger partial charge in [0.25, 0.3) is 0 Å². The van der Waals surface area contributed by atoms with Crippen molar-refractivity contribution in [2.24, 2.45) is 0 Å². The number of hydrogen-bond donors (Lipinski definition) is 3. The topological polar surface area (TPSA) is 98.6 Å². The van der Waals surface area contributed by atoms with Crippen LogP contribution in [0.15, 0.2) is 24.3 Å². The summed E-state index contributed by atoms with van der Waals surface area (Å²) in [6.45, 7) is 5.54. The molecule has 0 bridgehead atoms. The molecule has 32 heavy (non-hydrogen) atoms. The van der Waals surface area contributed by atoms with E-state index in [1.54, 1.807) is 13.0 Å². The molecule has 1 aromatic carbocycles. The van der Waals surface area contributed by atoms with Crippen molar-refractivity contribution in [1.29, 1.82) is 0 Å². The maximum Gasteiger partial charge on any atom is 0.416 e. The molecule has 176 valence electrons. The minimum atomic E-state index is -4.53. The van der Waals surface area contributed by atoms with Gasteiger partial charge in [-0.05, 0) is 63.1 Å². The summed E-state index contributed by atoms with van der Waals surface area (Å²) in [7, 11) is 1.00. The minimum Gasteiger partial charge on any atom is -0.507 e. The number of halogens is 3. The number of anilines is 1. The Morgan fingerprint density at radius 1 is 1.28 bits per heavy atom. The number of aromatic nitrogens is 2. The van der Waals surface area contributed by atoms with Crippen LogP contribution < -0.4 is 5.32 Å². The van der Waals surface area contributed by atoms with E-state index in [1.807, 2.05) is 6.92 Å². The first-order valence-electron chi connectivity index (χ1n) is 10.3. The zero-order valence-electron chi connectivity index (χ0n) is 18.4. The fourth-order valence-corrected chi connectivity index (χ4v) is 3.75. The Morgan fingerprint density at radius 3 is 2.59 bits per heavy atom. The molecule has 0 spiro atoms. The number of rotatable bonds is 6. The summed E-state index contributed by atoms with van der Waals surface area (Å²) in [5.74, 6) is 0.0764. The first-order valence-corrected chi connectivity index (χ1v) is 10.3. The minimum absolute atomic E-state index is 0.159. The normalized spacial score (nSPS) is 17.8. The van der Waals surface area contributed by atoms with Crippen molar-refractivity contribution in [3.8, 4) is 17.0 Å². The summed E-state index contributed by atoms with van der Waals surface area (Å²) >= 11 is 0. The van der Waals surface area contributed by atoms with Crippen molar-refractivity contribution in [3.05, 3.63) is 35.4 Å². The van der Waals surface area contributed by atoms with E-state index in [-0.39, 0.29) is 17.6 Å². The second-order valence-electron chi connectivity index (χ2n) is 7.72. The molecule has 1 unspecified atom stereocenters. The predicted molar refractivity (Wildman–Crippen MR) is 115 cm³/mol. The van der Waals surface area contributed by atoms with Gasteiger partial charge in [0.15, 0.2) is 0 Å². The molecule has 1 aliphatic rings. The van der Waals surface area contributed by atoms with Gasteiger partial charge < -0.3 is 20.3 Å². The number of phenols is 1. The molecule has 1 aromatic heterocycles. The molecular formula is C22H29F3N4O3. The lowest BCUT2D eigenvalue weighted by Crippen LogP contribution is -2.46. The number of aliphatic hydroxyl groups excluding tert-OH is 1. The van der Waals surface area contributed by atoms with E-state index in [9.17, 15) is 23.1 Å². The highest BCUT2D eigenvalue weighted by Gasteiger charge is 2.31. The number of aldehydes is 1. The van der Waals surface area contributed by atoms with Gasteiger partial charge in [-0.25, -0.2) is 0 Å². The number of nitrogens with zero attached hydrogens (tertiary/aromatic N) is 3. The molecule has 7 nitrogen and oxygen atoms in total.